The molecule has 2 heterocycles. The molecule has 1 aliphatic heterocycles. The highest BCUT2D eigenvalue weighted by molar-refractivity contribution is 5.93. The third kappa shape index (κ3) is 2.84. The van der Waals surface area contributed by atoms with Gasteiger partial charge in [-0.2, -0.15) is 0 Å². The molecule has 1 unspecified atom stereocenters. The molecule has 0 fully saturated rings. The summed E-state index contributed by atoms with van der Waals surface area (Å²) in [6.07, 6.45) is 0. The van der Waals surface area contributed by atoms with Crippen molar-refractivity contribution in [3.8, 4) is 0 Å². The van der Waals surface area contributed by atoms with Crippen molar-refractivity contribution >= 4 is 11.9 Å². The lowest BCUT2D eigenvalue weighted by atomic mass is 9.89. The molecule has 2 aromatic rings. The Morgan fingerprint density at radius 2 is 2.09 bits per heavy atom. The number of amides is 1. The molecule has 0 saturated carbocycles. The number of carboxylic acid groups (broad SMARTS) is 1. The van der Waals surface area contributed by atoms with E-state index in [0.29, 0.717) is 12.3 Å². The van der Waals surface area contributed by atoms with Crippen molar-refractivity contribution in [3.05, 3.63) is 52.9 Å². The molecule has 6 nitrogen and oxygen atoms in total. The highest BCUT2D eigenvalue weighted by atomic mass is 16.5. The summed E-state index contributed by atoms with van der Waals surface area (Å²) in [5, 5.41) is 13.3. The predicted molar refractivity (Wildman–Crippen MR) is 82.2 cm³/mol. The van der Waals surface area contributed by atoms with E-state index in [2.05, 4.69) is 5.16 Å². The van der Waals surface area contributed by atoms with E-state index >= 15 is 0 Å². The third-order valence-electron chi connectivity index (χ3n) is 4.10. The lowest BCUT2D eigenvalue weighted by Gasteiger charge is -2.32. The van der Waals surface area contributed by atoms with Gasteiger partial charge < -0.3 is 14.5 Å². The number of aliphatic carboxylic acids is 1. The predicted octanol–water partition coefficient (Wildman–Crippen LogP) is 2.62. The minimum absolute atomic E-state index is 0.134. The summed E-state index contributed by atoms with van der Waals surface area (Å²) >= 11 is 0. The monoisotopic (exact) mass is 314 g/mol. The number of aromatic nitrogens is 1. The molecule has 1 amide bonds. The van der Waals surface area contributed by atoms with Gasteiger partial charge in [0.25, 0.3) is 5.91 Å². The average molecular weight is 314 g/mol. The fraction of sp³-hybridized carbons (Fsp3) is 0.353. The van der Waals surface area contributed by atoms with Gasteiger partial charge in [0.2, 0.25) is 0 Å². The van der Waals surface area contributed by atoms with Crippen molar-refractivity contribution in [2.45, 2.75) is 32.2 Å². The number of carboxylic acids is 1. The molecule has 1 aliphatic rings. The van der Waals surface area contributed by atoms with E-state index in [1.807, 2.05) is 38.1 Å². The topological polar surface area (TPSA) is 83.6 Å². The van der Waals surface area contributed by atoms with E-state index in [4.69, 9.17) is 4.52 Å². The molecule has 23 heavy (non-hydrogen) atoms. The Hall–Kier alpha value is -2.63. The first-order valence-corrected chi connectivity index (χ1v) is 7.54. The fourth-order valence-corrected chi connectivity index (χ4v) is 2.80. The van der Waals surface area contributed by atoms with Gasteiger partial charge in [-0.3, -0.25) is 9.59 Å². The molecule has 0 spiro atoms. The summed E-state index contributed by atoms with van der Waals surface area (Å²) in [6.45, 7) is 4.41. The highest BCUT2D eigenvalue weighted by Gasteiger charge is 2.33. The van der Waals surface area contributed by atoms with E-state index in [-0.39, 0.29) is 24.1 Å². The van der Waals surface area contributed by atoms with Gasteiger partial charge >= 0.3 is 5.97 Å². The zero-order valence-corrected chi connectivity index (χ0v) is 13.0. The first-order chi connectivity index (χ1) is 11.0. The maximum absolute atomic E-state index is 12.6. The second-order valence-corrected chi connectivity index (χ2v) is 6.04. The van der Waals surface area contributed by atoms with E-state index in [0.717, 1.165) is 11.1 Å². The Morgan fingerprint density at radius 1 is 1.35 bits per heavy atom. The van der Waals surface area contributed by atoms with Gasteiger partial charge in [0.15, 0.2) is 5.69 Å². The maximum atomic E-state index is 12.6. The number of carbonyl (C=O) groups is 2. The smallest absolute Gasteiger partial charge is 0.312 e. The van der Waals surface area contributed by atoms with E-state index < -0.39 is 11.9 Å². The Labute approximate surface area is 133 Å². The van der Waals surface area contributed by atoms with Gasteiger partial charge in [0, 0.05) is 25.1 Å². The average Bonchev–Trinajstić information content (AvgIpc) is 3.03. The van der Waals surface area contributed by atoms with Gasteiger partial charge in [-0.1, -0.05) is 43.3 Å². The van der Waals surface area contributed by atoms with Crippen LogP contribution in [0.15, 0.2) is 34.9 Å². The van der Waals surface area contributed by atoms with Crippen LogP contribution < -0.4 is 0 Å². The number of fused-ring (bicyclic) bond motifs is 1. The molecule has 3 rings (SSSR count). The fourth-order valence-electron chi connectivity index (χ4n) is 2.80. The molecule has 0 saturated heterocycles. The molecular formula is C17H18N2O4. The molecule has 1 aromatic carbocycles. The van der Waals surface area contributed by atoms with E-state index in [1.54, 1.807) is 6.07 Å². The number of rotatable bonds is 3. The summed E-state index contributed by atoms with van der Waals surface area (Å²) in [5.41, 5.74) is 1.84. The molecule has 1 atom stereocenters. The minimum Gasteiger partial charge on any atom is -0.481 e. The van der Waals surface area contributed by atoms with Gasteiger partial charge in [0.05, 0.1) is 5.92 Å². The minimum atomic E-state index is -0.932. The molecular weight excluding hydrogens is 296 g/mol. The van der Waals surface area contributed by atoms with Crippen molar-refractivity contribution < 1.29 is 19.2 Å². The quantitative estimate of drug-likeness (QED) is 0.941. The Balaban J connectivity index is 1.89. The van der Waals surface area contributed by atoms with Crippen molar-refractivity contribution in [1.82, 2.24) is 10.1 Å². The summed E-state index contributed by atoms with van der Waals surface area (Å²) < 4.78 is 5.17. The SMILES string of the molecule is CC(C)c1cc(C(=O)N2Cc3ccccc3C(C(=O)O)C2)no1. The maximum Gasteiger partial charge on any atom is 0.312 e. The van der Waals surface area contributed by atoms with Crippen LogP contribution in [0, 0.1) is 0 Å². The molecule has 120 valence electrons. The summed E-state index contributed by atoms with van der Waals surface area (Å²) in [7, 11) is 0. The van der Waals surface area contributed by atoms with Crippen molar-refractivity contribution in [2.75, 3.05) is 6.54 Å². The van der Waals surface area contributed by atoms with Crippen LogP contribution in [0.4, 0.5) is 0 Å². The first-order valence-electron chi connectivity index (χ1n) is 7.54. The van der Waals surface area contributed by atoms with Crippen LogP contribution in [0.3, 0.4) is 0 Å². The Kier molecular flexibility index (Phi) is 3.90. The zero-order valence-electron chi connectivity index (χ0n) is 13.0. The molecule has 0 radical (unpaired) electrons. The highest BCUT2D eigenvalue weighted by Crippen LogP contribution is 2.29. The van der Waals surface area contributed by atoms with Crippen molar-refractivity contribution in [1.29, 1.82) is 0 Å². The molecule has 6 heteroatoms. The van der Waals surface area contributed by atoms with Gasteiger partial charge in [-0.15, -0.1) is 0 Å². The van der Waals surface area contributed by atoms with Crippen LogP contribution in [0.5, 0.6) is 0 Å². The Bertz CT molecular complexity index is 751. The van der Waals surface area contributed by atoms with Crippen LogP contribution in [0.2, 0.25) is 0 Å². The molecule has 0 aliphatic carbocycles. The van der Waals surface area contributed by atoms with Crippen LogP contribution in [-0.4, -0.2) is 33.6 Å². The van der Waals surface area contributed by atoms with Crippen LogP contribution in [-0.2, 0) is 11.3 Å². The summed E-state index contributed by atoms with van der Waals surface area (Å²) in [4.78, 5) is 25.7. The van der Waals surface area contributed by atoms with E-state index in [1.165, 1.54) is 4.90 Å². The lowest BCUT2D eigenvalue weighted by molar-refractivity contribution is -0.139. The third-order valence-corrected chi connectivity index (χ3v) is 4.10. The number of nitrogens with zero attached hydrogens (tertiary/aromatic N) is 2. The number of hydrogen-bond donors (Lipinski definition) is 1. The van der Waals surface area contributed by atoms with Crippen LogP contribution in [0.25, 0.3) is 0 Å². The normalized spacial score (nSPS) is 17.2. The molecule has 1 aromatic heterocycles. The number of benzene rings is 1. The van der Waals surface area contributed by atoms with E-state index in [9.17, 15) is 14.7 Å². The number of carbonyl (C=O) groups excluding carboxylic acids is 1. The van der Waals surface area contributed by atoms with Gasteiger partial charge in [-0.25, -0.2) is 0 Å². The largest absolute Gasteiger partial charge is 0.481 e. The second-order valence-electron chi connectivity index (χ2n) is 6.04. The summed E-state index contributed by atoms with van der Waals surface area (Å²) in [6, 6.07) is 8.96. The number of hydrogen-bond acceptors (Lipinski definition) is 4. The van der Waals surface area contributed by atoms with Crippen LogP contribution >= 0.6 is 0 Å². The zero-order chi connectivity index (χ0) is 16.6. The molecule has 0 bridgehead atoms. The standard InChI is InChI=1S/C17H18N2O4/c1-10(2)15-7-14(18-23-15)16(20)19-8-11-5-3-4-6-12(11)13(9-19)17(21)22/h3-7,10,13H,8-9H2,1-2H3,(H,21,22). The van der Waals surface area contributed by atoms with Crippen molar-refractivity contribution in [2.24, 2.45) is 0 Å². The van der Waals surface area contributed by atoms with Gasteiger partial charge in [0.1, 0.15) is 5.76 Å². The second kappa shape index (κ2) is 5.87. The summed E-state index contributed by atoms with van der Waals surface area (Å²) in [5.74, 6) is -1.18. The molecule has 1 N–H and O–H groups in total. The van der Waals surface area contributed by atoms with Crippen molar-refractivity contribution in [3.63, 3.8) is 0 Å². The van der Waals surface area contributed by atoms with Gasteiger partial charge in [-0.05, 0) is 11.1 Å². The first kappa shape index (κ1) is 15.3. The lowest BCUT2D eigenvalue weighted by Crippen LogP contribution is -2.40. The van der Waals surface area contributed by atoms with Crippen LogP contribution in [0.1, 0.15) is 53.1 Å². The Morgan fingerprint density at radius 3 is 2.74 bits per heavy atom.